The van der Waals surface area contributed by atoms with Crippen LogP contribution in [0, 0.1) is 0 Å². The SMILES string of the molecule is COc1ccccc1CCCc1ccc(C(=O)Nc2cc(CC(=O)O)ccc2C(F)(F)F)n1C(C)C. The number of nitrogens with zero attached hydrogens (tertiary/aromatic N) is 1. The minimum Gasteiger partial charge on any atom is -0.496 e. The van der Waals surface area contributed by atoms with Crippen molar-refractivity contribution in [3.05, 3.63) is 82.7 Å². The van der Waals surface area contributed by atoms with Gasteiger partial charge < -0.3 is 19.7 Å². The number of aromatic nitrogens is 1. The largest absolute Gasteiger partial charge is 0.496 e. The molecule has 0 saturated heterocycles. The maximum atomic E-state index is 13.6. The number of benzene rings is 2. The molecular formula is C27H29F3N2O4. The van der Waals surface area contributed by atoms with E-state index in [-0.39, 0.29) is 17.3 Å². The van der Waals surface area contributed by atoms with Gasteiger partial charge in [0.25, 0.3) is 5.91 Å². The third-order valence-electron chi connectivity index (χ3n) is 5.82. The molecule has 0 aliphatic rings. The predicted octanol–water partition coefficient (Wildman–Crippen LogP) is 6.15. The minimum atomic E-state index is -4.71. The van der Waals surface area contributed by atoms with Gasteiger partial charge in [0.05, 0.1) is 24.8 Å². The van der Waals surface area contributed by atoms with E-state index in [1.807, 2.05) is 48.7 Å². The van der Waals surface area contributed by atoms with Crippen molar-refractivity contribution < 1.29 is 32.6 Å². The number of anilines is 1. The zero-order chi connectivity index (χ0) is 26.5. The maximum Gasteiger partial charge on any atom is 0.418 e. The van der Waals surface area contributed by atoms with Gasteiger partial charge in [-0.05, 0) is 74.6 Å². The molecule has 1 amide bonds. The topological polar surface area (TPSA) is 80.6 Å². The number of carbonyl (C=O) groups excluding carboxylic acids is 1. The normalized spacial score (nSPS) is 11.5. The fourth-order valence-corrected chi connectivity index (χ4v) is 4.27. The number of aliphatic carboxylic acids is 1. The van der Waals surface area contributed by atoms with E-state index in [9.17, 15) is 22.8 Å². The van der Waals surface area contributed by atoms with Crippen molar-refractivity contribution in [1.82, 2.24) is 4.57 Å². The number of hydrogen-bond donors (Lipinski definition) is 2. The standard InChI is InChI=1S/C27H29F3N2O4/c1-17(2)32-20(9-6-8-19-7-4-5-10-24(19)36-3)12-14-23(32)26(35)31-22-15-18(16-25(33)34)11-13-21(22)27(28,29)30/h4-5,7,10-15,17H,6,8-9,16H2,1-3H3,(H,31,35)(H,33,34). The van der Waals surface area contributed by atoms with Crippen LogP contribution in [-0.2, 0) is 30.2 Å². The van der Waals surface area contributed by atoms with E-state index in [0.29, 0.717) is 6.42 Å². The molecule has 6 nitrogen and oxygen atoms in total. The third kappa shape index (κ3) is 6.47. The van der Waals surface area contributed by atoms with Crippen molar-refractivity contribution in [2.75, 3.05) is 12.4 Å². The van der Waals surface area contributed by atoms with Crippen LogP contribution in [0.15, 0.2) is 54.6 Å². The first-order valence-electron chi connectivity index (χ1n) is 11.6. The first kappa shape index (κ1) is 26.8. The number of amides is 1. The average molecular weight is 503 g/mol. The van der Waals surface area contributed by atoms with Crippen molar-refractivity contribution in [3.63, 3.8) is 0 Å². The fourth-order valence-electron chi connectivity index (χ4n) is 4.27. The Morgan fingerprint density at radius 2 is 1.78 bits per heavy atom. The summed E-state index contributed by atoms with van der Waals surface area (Å²) in [5.74, 6) is -1.07. The van der Waals surface area contributed by atoms with Crippen LogP contribution in [-0.4, -0.2) is 28.7 Å². The molecule has 0 bridgehead atoms. The molecule has 36 heavy (non-hydrogen) atoms. The van der Waals surface area contributed by atoms with Crippen molar-refractivity contribution >= 4 is 17.6 Å². The van der Waals surface area contributed by atoms with E-state index in [2.05, 4.69) is 5.32 Å². The number of aryl methyl sites for hydroxylation is 2. The van der Waals surface area contributed by atoms with Crippen LogP contribution in [0.5, 0.6) is 5.75 Å². The number of alkyl halides is 3. The summed E-state index contributed by atoms with van der Waals surface area (Å²) in [6.07, 6.45) is -2.97. The Hall–Kier alpha value is -3.75. The van der Waals surface area contributed by atoms with Gasteiger partial charge in [-0.3, -0.25) is 9.59 Å². The molecule has 9 heteroatoms. The Morgan fingerprint density at radius 3 is 2.42 bits per heavy atom. The van der Waals surface area contributed by atoms with Crippen LogP contribution in [0.25, 0.3) is 0 Å². The second-order valence-corrected chi connectivity index (χ2v) is 8.74. The molecule has 1 heterocycles. The Balaban J connectivity index is 1.83. The number of carboxylic acid groups (broad SMARTS) is 1. The highest BCUT2D eigenvalue weighted by atomic mass is 19.4. The second kappa shape index (κ2) is 11.3. The molecule has 2 aromatic carbocycles. The number of hydrogen-bond acceptors (Lipinski definition) is 3. The number of carboxylic acids is 1. The van der Waals surface area contributed by atoms with E-state index in [1.165, 1.54) is 0 Å². The molecule has 2 N–H and O–H groups in total. The summed E-state index contributed by atoms with van der Waals surface area (Å²) in [6.45, 7) is 3.80. The number of carbonyl (C=O) groups is 2. The summed E-state index contributed by atoms with van der Waals surface area (Å²) >= 11 is 0. The van der Waals surface area contributed by atoms with E-state index >= 15 is 0 Å². The number of methoxy groups -OCH3 is 1. The van der Waals surface area contributed by atoms with Gasteiger partial charge in [-0.1, -0.05) is 24.3 Å². The summed E-state index contributed by atoms with van der Waals surface area (Å²) in [5.41, 5.74) is 0.837. The lowest BCUT2D eigenvalue weighted by Crippen LogP contribution is -2.21. The fraction of sp³-hybridized carbons (Fsp3) is 0.333. The van der Waals surface area contributed by atoms with Crippen molar-refractivity contribution in [2.24, 2.45) is 0 Å². The summed E-state index contributed by atoms with van der Waals surface area (Å²) in [7, 11) is 1.62. The molecule has 0 saturated carbocycles. The number of rotatable bonds is 10. The van der Waals surface area contributed by atoms with Gasteiger partial charge in [0.2, 0.25) is 0 Å². The lowest BCUT2D eigenvalue weighted by molar-refractivity contribution is -0.137. The molecule has 0 atom stereocenters. The molecule has 3 aromatic rings. The number of ether oxygens (including phenoxy) is 1. The van der Waals surface area contributed by atoms with Gasteiger partial charge in [-0.2, -0.15) is 13.2 Å². The third-order valence-corrected chi connectivity index (χ3v) is 5.82. The van der Waals surface area contributed by atoms with Crippen molar-refractivity contribution in [1.29, 1.82) is 0 Å². The second-order valence-electron chi connectivity index (χ2n) is 8.74. The molecule has 0 radical (unpaired) electrons. The van der Waals surface area contributed by atoms with Crippen LogP contribution in [0.1, 0.15) is 59.2 Å². The van der Waals surface area contributed by atoms with E-state index in [1.54, 1.807) is 13.2 Å². The van der Waals surface area contributed by atoms with Gasteiger partial charge >= 0.3 is 12.1 Å². The molecule has 0 spiro atoms. The van der Waals surface area contributed by atoms with E-state index in [4.69, 9.17) is 9.84 Å². The molecule has 0 fully saturated rings. The predicted molar refractivity (Wildman–Crippen MR) is 131 cm³/mol. The highest BCUT2D eigenvalue weighted by molar-refractivity contribution is 6.04. The number of para-hydroxylation sites is 1. The van der Waals surface area contributed by atoms with Gasteiger partial charge in [-0.25, -0.2) is 0 Å². The lowest BCUT2D eigenvalue weighted by Gasteiger charge is -2.19. The van der Waals surface area contributed by atoms with Gasteiger partial charge in [-0.15, -0.1) is 0 Å². The van der Waals surface area contributed by atoms with E-state index in [0.717, 1.165) is 48.0 Å². The molecule has 0 unspecified atom stereocenters. The van der Waals surface area contributed by atoms with Crippen molar-refractivity contribution in [3.8, 4) is 5.75 Å². The van der Waals surface area contributed by atoms with Crippen molar-refractivity contribution in [2.45, 2.75) is 51.7 Å². The van der Waals surface area contributed by atoms with Crippen LogP contribution in [0.4, 0.5) is 18.9 Å². The summed E-state index contributed by atoms with van der Waals surface area (Å²) in [4.78, 5) is 24.1. The summed E-state index contributed by atoms with van der Waals surface area (Å²) in [6, 6.07) is 14.0. The maximum absolute atomic E-state index is 13.6. The van der Waals surface area contributed by atoms with Gasteiger partial charge in [0.15, 0.2) is 0 Å². The zero-order valence-electron chi connectivity index (χ0n) is 20.4. The van der Waals surface area contributed by atoms with Gasteiger partial charge in [0, 0.05) is 11.7 Å². The molecule has 192 valence electrons. The molecule has 3 rings (SSSR count). The highest BCUT2D eigenvalue weighted by Gasteiger charge is 2.34. The summed E-state index contributed by atoms with van der Waals surface area (Å²) < 4.78 is 47.9. The lowest BCUT2D eigenvalue weighted by atomic mass is 10.1. The monoisotopic (exact) mass is 502 g/mol. The van der Waals surface area contributed by atoms with Crippen LogP contribution < -0.4 is 10.1 Å². The Labute approximate surface area is 207 Å². The Morgan fingerprint density at radius 1 is 1.06 bits per heavy atom. The van der Waals surface area contributed by atoms with Crippen LogP contribution in [0.2, 0.25) is 0 Å². The van der Waals surface area contributed by atoms with Crippen LogP contribution >= 0.6 is 0 Å². The van der Waals surface area contributed by atoms with Gasteiger partial charge in [0.1, 0.15) is 11.4 Å². The Kier molecular flexibility index (Phi) is 8.45. The molecular weight excluding hydrogens is 473 g/mol. The van der Waals surface area contributed by atoms with Crippen LogP contribution in [0.3, 0.4) is 0 Å². The number of nitrogens with one attached hydrogen (secondary N) is 1. The molecule has 0 aliphatic heterocycles. The quantitative estimate of drug-likeness (QED) is 0.348. The molecule has 0 aliphatic carbocycles. The summed E-state index contributed by atoms with van der Waals surface area (Å²) in [5, 5.41) is 11.4. The smallest absolute Gasteiger partial charge is 0.418 e. The first-order chi connectivity index (χ1) is 17.0. The molecule has 1 aromatic heterocycles. The zero-order valence-corrected chi connectivity index (χ0v) is 20.4. The average Bonchev–Trinajstić information content (AvgIpc) is 3.23. The van der Waals surface area contributed by atoms with E-state index < -0.39 is 35.7 Å². The highest BCUT2D eigenvalue weighted by Crippen LogP contribution is 2.36. The number of halogens is 3. The first-order valence-corrected chi connectivity index (χ1v) is 11.6. The minimum absolute atomic E-state index is 0.109. The Bertz CT molecular complexity index is 1230.